The van der Waals surface area contributed by atoms with E-state index in [4.69, 9.17) is 5.73 Å². The number of nitrogens with zero attached hydrogens (tertiary/aromatic N) is 1. The van der Waals surface area contributed by atoms with Gasteiger partial charge in [-0.3, -0.25) is 62.3 Å². The second-order valence-corrected chi connectivity index (χ2v) is 23.4. The van der Waals surface area contributed by atoms with Gasteiger partial charge < -0.3 is 106 Å². The van der Waals surface area contributed by atoms with Gasteiger partial charge in [-0.2, -0.15) is 0 Å². The molecule has 1 fully saturated rings. The number of carboxylic acids is 2. The number of hydrogen-bond donors (Lipinski definition) is 19. The zero-order valence-corrected chi connectivity index (χ0v) is 54.0. The molecule has 0 spiro atoms. The summed E-state index contributed by atoms with van der Waals surface area (Å²) < 4.78 is 0. The van der Waals surface area contributed by atoms with Crippen LogP contribution in [0.2, 0.25) is 0 Å². The lowest BCUT2D eigenvalue weighted by Crippen LogP contribution is -2.70. The molecule has 0 bridgehead atoms. The van der Waals surface area contributed by atoms with Gasteiger partial charge in [0.2, 0.25) is 65.0 Å². The lowest BCUT2D eigenvalue weighted by atomic mass is 10.0. The van der Waals surface area contributed by atoms with Crippen molar-refractivity contribution in [1.82, 2.24) is 58.1 Å². The molecule has 530 valence electrons. The van der Waals surface area contributed by atoms with Crippen LogP contribution in [0.25, 0.3) is 0 Å². The zero-order chi connectivity index (χ0) is 72.1. The number of nitrogens with one attached hydrogen (secondary N) is 10. The highest BCUT2D eigenvalue weighted by molar-refractivity contribution is 6.00. The molecule has 1 aliphatic heterocycles. The van der Waals surface area contributed by atoms with E-state index in [-0.39, 0.29) is 50.8 Å². The summed E-state index contributed by atoms with van der Waals surface area (Å²) in [5, 5.41) is 84.5. The molecule has 1 saturated heterocycles. The van der Waals surface area contributed by atoms with Crippen LogP contribution in [0.4, 0.5) is 0 Å². The summed E-state index contributed by atoms with van der Waals surface area (Å²) in [6, 6.07) is 5.25. The molecule has 3 aromatic rings. The van der Waals surface area contributed by atoms with Gasteiger partial charge >= 0.3 is 11.9 Å². The molecule has 0 saturated carbocycles. The molecule has 3 aromatic carbocycles. The fraction of sp³-hybridized carbons (Fsp3) is 0.492. The minimum atomic E-state index is -1.98. The van der Waals surface area contributed by atoms with Gasteiger partial charge in [0.1, 0.15) is 66.2 Å². The maximum absolute atomic E-state index is 14.2. The van der Waals surface area contributed by atoms with Crippen LogP contribution in [0.3, 0.4) is 0 Å². The summed E-state index contributed by atoms with van der Waals surface area (Å²) >= 11 is 0. The number of carboxylic acid groups (broad SMARTS) is 2. The Kier molecular flexibility index (Phi) is 32.4. The Morgan fingerprint density at radius 2 is 1.03 bits per heavy atom. The van der Waals surface area contributed by atoms with E-state index in [1.165, 1.54) is 38.1 Å². The number of unbranched alkanes of at least 4 members (excludes halogenated alkanes) is 1. The van der Waals surface area contributed by atoms with E-state index in [0.717, 1.165) is 17.4 Å². The third kappa shape index (κ3) is 26.5. The van der Waals surface area contributed by atoms with Gasteiger partial charge in [0, 0.05) is 32.2 Å². The highest BCUT2D eigenvalue weighted by atomic mass is 16.4. The molecule has 1 aliphatic rings. The third-order valence-electron chi connectivity index (χ3n) is 15.5. The second-order valence-electron chi connectivity index (χ2n) is 23.4. The van der Waals surface area contributed by atoms with Crippen LogP contribution in [0.1, 0.15) is 88.8 Å². The molecule has 97 heavy (non-hydrogen) atoms. The molecule has 0 aromatic heterocycles. The van der Waals surface area contributed by atoms with Crippen LogP contribution >= 0.6 is 0 Å². The fourth-order valence-corrected chi connectivity index (χ4v) is 10.1. The topological polar surface area (TPSA) is 565 Å². The standard InChI is InChI=1S/C63H88N14O20/c1-33(53(86)70-42(63(96)97)17-10-11-25-64)68-62(95)52(35(3)80)76-58(91)44(28-37-15-8-5-9-16-37)73-60(93)47-18-12-26-77(47)49(83)31-67-61(94)51(34(2)79)75-59(92)46(32-78)74-55(88)41(23-24-50(84)85)69-56(89)43(29-38-19-21-39(81)22-20-38)72-57(90)45(30-48(66)82)71-54(87)40(65)27-36-13-6-4-7-14-36/h4-9,13-16,19-22,33-35,40-47,51-52,78-81H,10-12,17-18,23-32,64-65H2,1-3H3,(H2,66,82)(H,67,94)(H,68,95)(H,69,89)(H,70,86)(H,71,87)(H,72,90)(H,73,93)(H,74,88)(H,75,92)(H,76,91)(H,84,85)(H,96,97)/p+2/t33-,34+,35+,40-,41-,42-,43-,44-,45-,46-,47-,51-,52-/m0/s1. The van der Waals surface area contributed by atoms with Crippen molar-refractivity contribution in [3.8, 4) is 5.75 Å². The van der Waals surface area contributed by atoms with E-state index < -0.39 is 194 Å². The number of carbonyl (C=O) groups excluding carboxylic acids is 12. The summed E-state index contributed by atoms with van der Waals surface area (Å²) in [6.07, 6.45) is -4.44. The Balaban J connectivity index is 1.45. The van der Waals surface area contributed by atoms with Crippen molar-refractivity contribution in [1.29, 1.82) is 0 Å². The number of phenols is 1. The number of quaternary nitrogens is 2. The molecule has 13 atom stereocenters. The van der Waals surface area contributed by atoms with Gasteiger partial charge in [0.05, 0.1) is 38.3 Å². The number of aromatic hydroxyl groups is 1. The van der Waals surface area contributed by atoms with Crippen molar-refractivity contribution in [3.63, 3.8) is 0 Å². The molecule has 1 heterocycles. The van der Waals surface area contributed by atoms with Crippen molar-refractivity contribution < 1.29 is 109 Å². The largest absolute Gasteiger partial charge is 0.508 e. The lowest BCUT2D eigenvalue weighted by Gasteiger charge is -2.29. The van der Waals surface area contributed by atoms with Gasteiger partial charge in [-0.1, -0.05) is 72.8 Å². The number of primary amides is 1. The van der Waals surface area contributed by atoms with Gasteiger partial charge in [0.25, 0.3) is 5.91 Å². The molecule has 12 amide bonds. The molecule has 24 N–H and O–H groups in total. The highest BCUT2D eigenvalue weighted by Gasteiger charge is 2.40. The summed E-state index contributed by atoms with van der Waals surface area (Å²) in [5.41, 5.74) is 14.6. The lowest BCUT2D eigenvalue weighted by molar-refractivity contribution is -0.403. The number of carbonyl (C=O) groups is 14. The number of aliphatic carboxylic acids is 2. The summed E-state index contributed by atoms with van der Waals surface area (Å²) in [6.45, 7) is 2.01. The first-order valence-corrected chi connectivity index (χ1v) is 31.4. The number of hydrogen-bond acceptors (Lipinski definition) is 18. The average molecular weight is 1360 g/mol. The molecular formula is C63H90N14O20+2. The van der Waals surface area contributed by atoms with Crippen molar-refractivity contribution in [2.75, 3.05) is 26.2 Å². The van der Waals surface area contributed by atoms with Crippen LogP contribution in [-0.4, -0.2) is 223 Å². The van der Waals surface area contributed by atoms with Gasteiger partial charge in [-0.25, -0.2) is 4.79 Å². The zero-order valence-electron chi connectivity index (χ0n) is 54.0. The van der Waals surface area contributed by atoms with Gasteiger partial charge in [-0.15, -0.1) is 0 Å². The van der Waals surface area contributed by atoms with Crippen molar-refractivity contribution >= 4 is 82.8 Å². The summed E-state index contributed by atoms with van der Waals surface area (Å²) in [4.78, 5) is 188. The summed E-state index contributed by atoms with van der Waals surface area (Å²) in [7, 11) is 0. The van der Waals surface area contributed by atoms with E-state index in [1.807, 2.05) is 0 Å². The number of amides is 12. The van der Waals surface area contributed by atoms with Gasteiger partial charge in [-0.05, 0) is 88.1 Å². The molecule has 0 aliphatic carbocycles. The third-order valence-corrected chi connectivity index (χ3v) is 15.5. The molecule has 34 nitrogen and oxygen atoms in total. The van der Waals surface area contributed by atoms with Crippen LogP contribution in [0.5, 0.6) is 5.75 Å². The van der Waals surface area contributed by atoms with Crippen LogP contribution < -0.4 is 70.4 Å². The molecule has 4 rings (SSSR count). The number of aliphatic hydroxyl groups is 3. The summed E-state index contributed by atoms with van der Waals surface area (Å²) in [5.74, 6) is -15.3. The molecule has 0 radical (unpaired) electrons. The first-order valence-electron chi connectivity index (χ1n) is 31.4. The Hall–Kier alpha value is -10.2. The molecule has 0 unspecified atom stereocenters. The van der Waals surface area contributed by atoms with E-state index >= 15 is 0 Å². The Morgan fingerprint density at radius 1 is 0.546 bits per heavy atom. The smallest absolute Gasteiger partial charge is 0.326 e. The Bertz CT molecular complexity index is 3220. The minimum absolute atomic E-state index is 0.0255. The van der Waals surface area contributed by atoms with Crippen LogP contribution in [-0.2, 0) is 86.4 Å². The van der Waals surface area contributed by atoms with E-state index in [2.05, 4.69) is 64.6 Å². The number of benzene rings is 3. The highest BCUT2D eigenvalue weighted by Crippen LogP contribution is 2.19. The van der Waals surface area contributed by atoms with Crippen LogP contribution in [0.15, 0.2) is 84.9 Å². The normalized spacial score (nSPS) is 16.3. The number of rotatable bonds is 40. The maximum Gasteiger partial charge on any atom is 0.326 e. The SMILES string of the molecule is C[C@H](NC(=O)[C@@H](NC(=O)[C@H](Cc1ccccc1)NC(=O)[C@@H]1CCCN1C(=O)CNC(=O)[C@@H](NC(=O)[C@H](CO)NC(=O)[C@H](CCC(=O)O)NC(=O)[C@H](Cc1ccc(O)cc1)NC(=O)[C@H](CC(N)=O)NC(=O)[C@@H]([NH3+])Cc1ccccc1)[C@@H](C)O)[C@@H](C)O)C(=O)N[C@@H](CCCC[NH3+])C(=O)O. The van der Waals surface area contributed by atoms with Crippen molar-refractivity contribution in [3.05, 3.63) is 102 Å². The Labute approximate surface area is 557 Å². The number of aliphatic hydroxyl groups excluding tert-OH is 3. The van der Waals surface area contributed by atoms with E-state index in [9.17, 15) is 97.8 Å². The first-order chi connectivity index (χ1) is 45.9. The average Bonchev–Trinajstić information content (AvgIpc) is 1.81. The first kappa shape index (κ1) is 79.3. The number of likely N-dealkylation sites (tertiary alicyclic amines) is 1. The van der Waals surface area contributed by atoms with Crippen LogP contribution in [0, 0.1) is 0 Å². The predicted molar refractivity (Wildman–Crippen MR) is 340 cm³/mol. The number of phenolic OH excluding ortho intramolecular Hbond substituents is 1. The van der Waals surface area contributed by atoms with E-state index in [1.54, 1.807) is 60.7 Å². The van der Waals surface area contributed by atoms with Gasteiger partial charge in [0.15, 0.2) is 6.04 Å². The maximum atomic E-state index is 14.2. The van der Waals surface area contributed by atoms with Crippen molar-refractivity contribution in [2.24, 2.45) is 5.73 Å². The predicted octanol–water partition coefficient (Wildman–Crippen LogP) is -7.49. The van der Waals surface area contributed by atoms with Crippen molar-refractivity contribution in [2.45, 2.75) is 170 Å². The quantitative estimate of drug-likeness (QED) is 0.0235. The van der Waals surface area contributed by atoms with E-state index in [0.29, 0.717) is 30.5 Å². The Morgan fingerprint density at radius 3 is 1.58 bits per heavy atom. The number of nitrogens with two attached hydrogens (primary N) is 1. The fourth-order valence-electron chi connectivity index (χ4n) is 10.1. The minimum Gasteiger partial charge on any atom is -0.508 e. The monoisotopic (exact) mass is 1360 g/mol. The molecule has 34 heteroatoms. The second kappa shape index (κ2) is 39.6. The molecular weight excluding hydrogens is 1270 g/mol.